The quantitative estimate of drug-likeness (QED) is 0.261. The molecular weight excluding hydrogens is 518 g/mol. The maximum atomic E-state index is 13.9. The van der Waals surface area contributed by atoms with Crippen LogP contribution >= 0.6 is 0 Å². The lowest BCUT2D eigenvalue weighted by Crippen LogP contribution is -2.57. The second-order valence-corrected chi connectivity index (χ2v) is 10.2. The smallest absolute Gasteiger partial charge is 0.325 e. The van der Waals surface area contributed by atoms with Gasteiger partial charge in [-0.3, -0.25) is 34.7 Å². The molecule has 3 heterocycles. The van der Waals surface area contributed by atoms with Gasteiger partial charge in [-0.1, -0.05) is 48.5 Å². The van der Waals surface area contributed by atoms with Crippen molar-refractivity contribution in [1.29, 1.82) is 0 Å². The lowest BCUT2D eigenvalue weighted by molar-refractivity contribution is -0.384. The highest BCUT2D eigenvalue weighted by Crippen LogP contribution is 2.51. The van der Waals surface area contributed by atoms with Gasteiger partial charge in [0.25, 0.3) is 5.69 Å². The van der Waals surface area contributed by atoms with Gasteiger partial charge < -0.3 is 14.6 Å². The van der Waals surface area contributed by atoms with Crippen molar-refractivity contribution in [2.45, 2.75) is 24.5 Å². The third kappa shape index (κ3) is 4.15. The molecule has 40 heavy (non-hydrogen) atoms. The number of nitrogens with one attached hydrogen (secondary N) is 1. The zero-order valence-corrected chi connectivity index (χ0v) is 21.2. The van der Waals surface area contributed by atoms with Gasteiger partial charge in [0.05, 0.1) is 23.3 Å². The summed E-state index contributed by atoms with van der Waals surface area (Å²) in [7, 11) is 0. The van der Waals surface area contributed by atoms with Gasteiger partial charge in [0.2, 0.25) is 11.8 Å². The van der Waals surface area contributed by atoms with Crippen LogP contribution in [-0.2, 0) is 27.3 Å². The number of imide groups is 1. The summed E-state index contributed by atoms with van der Waals surface area (Å²) < 4.78 is 11.3. The summed E-state index contributed by atoms with van der Waals surface area (Å²) in [5.41, 5.74) is -0.181. The first-order chi connectivity index (χ1) is 19.3. The monoisotopic (exact) mass is 543 g/mol. The van der Waals surface area contributed by atoms with E-state index in [1.54, 1.807) is 42.5 Å². The van der Waals surface area contributed by atoms with Crippen molar-refractivity contribution in [2.75, 3.05) is 13.2 Å². The van der Waals surface area contributed by atoms with Crippen LogP contribution in [0.4, 0.5) is 5.69 Å². The first kappa shape index (κ1) is 25.5. The largest absolute Gasteiger partial charge is 0.486 e. The summed E-state index contributed by atoms with van der Waals surface area (Å²) in [5, 5.41) is 25.0. The Bertz CT molecular complexity index is 1510. The molecular formula is C29H25N3O8. The Morgan fingerprint density at radius 2 is 1.68 bits per heavy atom. The van der Waals surface area contributed by atoms with E-state index in [-0.39, 0.29) is 18.7 Å². The SMILES string of the molecule is O=C1C2C(c3ccc4c(c3)OCCO4)NC(Cc3ccc([N+](=O)[O-])cc3)(C(=O)O)C2C(=O)N1Cc1ccccc1. The van der Waals surface area contributed by atoms with Crippen LogP contribution in [-0.4, -0.2) is 51.5 Å². The average molecular weight is 544 g/mol. The van der Waals surface area contributed by atoms with Crippen molar-refractivity contribution < 1.29 is 33.9 Å². The Morgan fingerprint density at radius 3 is 2.35 bits per heavy atom. The number of nitrogens with zero attached hydrogens (tertiary/aromatic N) is 2. The molecule has 3 aromatic carbocycles. The van der Waals surface area contributed by atoms with E-state index < -0.39 is 46.1 Å². The molecule has 4 unspecified atom stereocenters. The van der Waals surface area contributed by atoms with E-state index in [0.717, 1.165) is 10.5 Å². The van der Waals surface area contributed by atoms with Gasteiger partial charge in [0.1, 0.15) is 18.8 Å². The number of carbonyl (C=O) groups is 3. The van der Waals surface area contributed by atoms with Crippen molar-refractivity contribution in [2.24, 2.45) is 11.8 Å². The number of aliphatic carboxylic acids is 1. The number of likely N-dealkylation sites (tertiary alicyclic amines) is 1. The van der Waals surface area contributed by atoms with Crippen molar-refractivity contribution in [3.63, 3.8) is 0 Å². The van der Waals surface area contributed by atoms with Gasteiger partial charge in [0.15, 0.2) is 11.5 Å². The van der Waals surface area contributed by atoms with Crippen LogP contribution in [0.2, 0.25) is 0 Å². The Morgan fingerprint density at radius 1 is 0.975 bits per heavy atom. The fraction of sp³-hybridized carbons (Fsp3) is 0.276. The van der Waals surface area contributed by atoms with Gasteiger partial charge in [-0.05, 0) is 28.8 Å². The number of benzene rings is 3. The summed E-state index contributed by atoms with van der Waals surface area (Å²) >= 11 is 0. The zero-order valence-electron chi connectivity index (χ0n) is 21.2. The second-order valence-electron chi connectivity index (χ2n) is 10.2. The highest BCUT2D eigenvalue weighted by atomic mass is 16.6. The molecule has 2 fully saturated rings. The molecule has 0 radical (unpaired) electrons. The fourth-order valence-electron chi connectivity index (χ4n) is 6.02. The number of nitro benzene ring substituents is 1. The van der Waals surface area contributed by atoms with E-state index in [1.165, 1.54) is 24.3 Å². The number of carboxylic acids is 1. The van der Waals surface area contributed by atoms with Gasteiger partial charge in [0, 0.05) is 24.6 Å². The van der Waals surface area contributed by atoms with E-state index in [1.807, 2.05) is 6.07 Å². The molecule has 2 amide bonds. The Kier molecular flexibility index (Phi) is 6.22. The molecule has 3 aliphatic rings. The highest BCUT2D eigenvalue weighted by Gasteiger charge is 2.68. The average Bonchev–Trinajstić information content (AvgIpc) is 3.43. The summed E-state index contributed by atoms with van der Waals surface area (Å²) in [5.74, 6) is -3.51. The summed E-state index contributed by atoms with van der Waals surface area (Å²) in [6.07, 6.45) is -0.166. The van der Waals surface area contributed by atoms with Gasteiger partial charge >= 0.3 is 5.97 Å². The van der Waals surface area contributed by atoms with Crippen LogP contribution in [0.5, 0.6) is 11.5 Å². The minimum absolute atomic E-state index is 0.0204. The van der Waals surface area contributed by atoms with E-state index in [0.29, 0.717) is 35.8 Å². The molecule has 0 aromatic heterocycles. The number of ether oxygens (including phenoxy) is 2. The van der Waals surface area contributed by atoms with Gasteiger partial charge in [-0.2, -0.15) is 0 Å². The summed E-state index contributed by atoms with van der Waals surface area (Å²) in [4.78, 5) is 52.6. The van der Waals surface area contributed by atoms with E-state index in [4.69, 9.17) is 9.47 Å². The van der Waals surface area contributed by atoms with E-state index >= 15 is 0 Å². The molecule has 2 N–H and O–H groups in total. The molecule has 3 aliphatic heterocycles. The lowest BCUT2D eigenvalue weighted by Gasteiger charge is -2.31. The maximum Gasteiger partial charge on any atom is 0.325 e. The van der Waals surface area contributed by atoms with Crippen LogP contribution in [0.15, 0.2) is 72.8 Å². The van der Waals surface area contributed by atoms with E-state index in [9.17, 15) is 29.6 Å². The first-order valence-electron chi connectivity index (χ1n) is 12.8. The molecule has 3 aromatic rings. The number of fused-ring (bicyclic) bond motifs is 2. The maximum absolute atomic E-state index is 13.9. The molecule has 6 rings (SSSR count). The third-order valence-electron chi connectivity index (χ3n) is 7.87. The van der Waals surface area contributed by atoms with Crippen molar-refractivity contribution >= 4 is 23.5 Å². The predicted octanol–water partition coefficient (Wildman–Crippen LogP) is 2.88. The Balaban J connectivity index is 1.43. The van der Waals surface area contributed by atoms with Gasteiger partial charge in [-0.15, -0.1) is 0 Å². The minimum Gasteiger partial charge on any atom is -0.486 e. The minimum atomic E-state index is -1.85. The number of rotatable bonds is 7. The number of hydrogen-bond donors (Lipinski definition) is 2. The van der Waals surface area contributed by atoms with Gasteiger partial charge in [-0.25, -0.2) is 0 Å². The van der Waals surface area contributed by atoms with Crippen LogP contribution in [0.25, 0.3) is 0 Å². The molecule has 11 heteroatoms. The number of carbonyl (C=O) groups excluding carboxylic acids is 2. The number of nitro groups is 1. The van der Waals surface area contributed by atoms with Crippen LogP contribution in [0.1, 0.15) is 22.7 Å². The molecule has 0 saturated carbocycles. The third-order valence-corrected chi connectivity index (χ3v) is 7.87. The number of amides is 2. The number of hydrogen-bond acceptors (Lipinski definition) is 8. The van der Waals surface area contributed by atoms with Crippen LogP contribution in [0, 0.1) is 22.0 Å². The standard InChI is InChI=1S/C29H25N3O8/c33-26-23-24(27(34)31(26)16-18-4-2-1-3-5-18)29(28(35)36,15-17-6-9-20(10-7-17)32(37)38)30-25(23)19-8-11-21-22(14-19)40-13-12-39-21/h1-11,14,23-25,30H,12-13,15-16H2,(H,35,36). The van der Waals surface area contributed by atoms with Crippen LogP contribution < -0.4 is 14.8 Å². The summed E-state index contributed by atoms with van der Waals surface area (Å²) in [6, 6.07) is 18.9. The Labute approximate surface area is 228 Å². The lowest BCUT2D eigenvalue weighted by atomic mass is 9.76. The van der Waals surface area contributed by atoms with Crippen molar-refractivity contribution in [1.82, 2.24) is 10.2 Å². The first-order valence-corrected chi connectivity index (χ1v) is 12.8. The molecule has 0 spiro atoms. The molecule has 2 saturated heterocycles. The van der Waals surface area contributed by atoms with Crippen LogP contribution in [0.3, 0.4) is 0 Å². The fourth-order valence-corrected chi connectivity index (χ4v) is 6.02. The molecule has 4 atom stereocenters. The second kappa shape index (κ2) is 9.76. The predicted molar refractivity (Wildman–Crippen MR) is 139 cm³/mol. The normalized spacial score (nSPS) is 25.1. The molecule has 11 nitrogen and oxygen atoms in total. The number of carboxylic acid groups (broad SMARTS) is 1. The number of non-ortho nitro benzene ring substituents is 1. The Hall–Kier alpha value is -4.77. The highest BCUT2D eigenvalue weighted by molar-refractivity contribution is 6.09. The molecule has 0 aliphatic carbocycles. The van der Waals surface area contributed by atoms with Crippen molar-refractivity contribution in [3.05, 3.63) is 99.6 Å². The summed E-state index contributed by atoms with van der Waals surface area (Å²) in [6.45, 7) is 0.770. The van der Waals surface area contributed by atoms with Crippen molar-refractivity contribution in [3.8, 4) is 11.5 Å². The molecule has 0 bridgehead atoms. The zero-order chi connectivity index (χ0) is 28.0. The molecule has 204 valence electrons. The topological polar surface area (TPSA) is 148 Å². The van der Waals surface area contributed by atoms with E-state index in [2.05, 4.69) is 5.32 Å².